The summed E-state index contributed by atoms with van der Waals surface area (Å²) in [6, 6.07) is 26.1. The number of nitrogens with one attached hydrogen (secondary N) is 2. The van der Waals surface area contributed by atoms with E-state index in [0.29, 0.717) is 5.56 Å². The predicted molar refractivity (Wildman–Crippen MR) is 138 cm³/mol. The molecule has 4 N–H and O–H groups in total. The van der Waals surface area contributed by atoms with E-state index in [1.807, 2.05) is 30.3 Å². The number of hydrogen-bond acceptors (Lipinski definition) is 5. The van der Waals surface area contributed by atoms with Gasteiger partial charge in [-0.05, 0) is 48.4 Å². The zero-order valence-corrected chi connectivity index (χ0v) is 19.1. The summed E-state index contributed by atoms with van der Waals surface area (Å²) in [5.74, 6) is -0.434. The van der Waals surface area contributed by atoms with E-state index < -0.39 is 5.91 Å². The van der Waals surface area contributed by atoms with Crippen LogP contribution in [0.3, 0.4) is 0 Å². The average molecular weight is 452 g/mol. The van der Waals surface area contributed by atoms with Crippen LogP contribution < -0.4 is 16.4 Å². The molecule has 6 heteroatoms. The zero-order chi connectivity index (χ0) is 23.3. The summed E-state index contributed by atoms with van der Waals surface area (Å²) in [5.41, 5.74) is 11.9. The van der Waals surface area contributed by atoms with Gasteiger partial charge in [-0.25, -0.2) is 4.98 Å². The van der Waals surface area contributed by atoms with Crippen molar-refractivity contribution >= 4 is 28.2 Å². The van der Waals surface area contributed by atoms with Gasteiger partial charge in [-0.15, -0.1) is 0 Å². The Balaban J connectivity index is 1.36. The number of para-hydroxylation sites is 1. The minimum Gasteiger partial charge on any atom is -0.366 e. The maximum absolute atomic E-state index is 11.4. The Morgan fingerprint density at radius 2 is 1.71 bits per heavy atom. The molecular formula is C28H29N5O. The summed E-state index contributed by atoms with van der Waals surface area (Å²) in [4.78, 5) is 18.8. The van der Waals surface area contributed by atoms with Gasteiger partial charge in [0.05, 0.1) is 16.9 Å². The van der Waals surface area contributed by atoms with Crippen molar-refractivity contribution in [2.75, 3.05) is 38.0 Å². The van der Waals surface area contributed by atoms with Crippen LogP contribution in [-0.2, 0) is 6.42 Å². The monoisotopic (exact) mass is 451 g/mol. The summed E-state index contributed by atoms with van der Waals surface area (Å²) in [7, 11) is 0. The molecule has 0 aliphatic carbocycles. The lowest BCUT2D eigenvalue weighted by Gasteiger charge is -2.27. The van der Waals surface area contributed by atoms with E-state index in [-0.39, 0.29) is 0 Å². The minimum absolute atomic E-state index is 0.434. The molecule has 1 aliphatic heterocycles. The predicted octanol–water partition coefficient (Wildman–Crippen LogP) is 4.19. The Hall–Kier alpha value is -3.74. The number of fused-ring (bicyclic) bond motifs is 1. The molecule has 5 rings (SSSR count). The van der Waals surface area contributed by atoms with Crippen molar-refractivity contribution in [2.45, 2.75) is 6.42 Å². The van der Waals surface area contributed by atoms with Gasteiger partial charge in [0.1, 0.15) is 0 Å². The number of anilines is 2. The fourth-order valence-corrected chi connectivity index (χ4v) is 4.36. The van der Waals surface area contributed by atoms with Gasteiger partial charge in [-0.2, -0.15) is 0 Å². The topological polar surface area (TPSA) is 83.3 Å². The summed E-state index contributed by atoms with van der Waals surface area (Å²) >= 11 is 0. The number of carbonyl (C=O) groups is 1. The van der Waals surface area contributed by atoms with Gasteiger partial charge in [-0.3, -0.25) is 4.79 Å². The first-order valence-corrected chi connectivity index (χ1v) is 11.7. The van der Waals surface area contributed by atoms with Crippen LogP contribution in [0.15, 0.2) is 78.9 Å². The molecule has 0 bridgehead atoms. The normalized spacial score (nSPS) is 14.2. The Bertz CT molecular complexity index is 1280. The van der Waals surface area contributed by atoms with Crippen LogP contribution in [0.5, 0.6) is 0 Å². The number of amides is 1. The van der Waals surface area contributed by atoms with Gasteiger partial charge in [0, 0.05) is 54.9 Å². The van der Waals surface area contributed by atoms with Crippen LogP contribution in [0, 0.1) is 0 Å². The SMILES string of the molecule is NC(=O)c1ccc(-c2cc(Nc3ccc(CCN4CCNCC4)cc3)c3ccccc3n2)cc1. The highest BCUT2D eigenvalue weighted by molar-refractivity contribution is 5.96. The maximum atomic E-state index is 11.4. The highest BCUT2D eigenvalue weighted by Crippen LogP contribution is 2.30. The third kappa shape index (κ3) is 5.09. The number of rotatable bonds is 7. The number of aromatic nitrogens is 1. The molecule has 1 amide bonds. The lowest BCUT2D eigenvalue weighted by Crippen LogP contribution is -2.44. The van der Waals surface area contributed by atoms with Gasteiger partial charge in [0.25, 0.3) is 0 Å². The number of nitrogens with two attached hydrogens (primary N) is 1. The molecule has 6 nitrogen and oxygen atoms in total. The molecule has 1 fully saturated rings. The van der Waals surface area contributed by atoms with Crippen LogP contribution in [-0.4, -0.2) is 48.5 Å². The fraction of sp³-hybridized carbons (Fsp3) is 0.214. The Morgan fingerprint density at radius 1 is 0.971 bits per heavy atom. The number of carbonyl (C=O) groups excluding carboxylic acids is 1. The van der Waals surface area contributed by atoms with E-state index >= 15 is 0 Å². The number of primary amides is 1. The van der Waals surface area contributed by atoms with E-state index in [1.165, 1.54) is 5.56 Å². The van der Waals surface area contributed by atoms with E-state index in [9.17, 15) is 4.79 Å². The number of hydrogen-bond donors (Lipinski definition) is 3. The van der Waals surface area contributed by atoms with E-state index in [4.69, 9.17) is 10.7 Å². The average Bonchev–Trinajstić information content (AvgIpc) is 2.89. The third-order valence-electron chi connectivity index (χ3n) is 6.34. The van der Waals surface area contributed by atoms with Crippen molar-refractivity contribution in [3.05, 3.63) is 90.0 Å². The molecule has 1 aromatic heterocycles. The number of piperazine rings is 1. The molecule has 0 unspecified atom stereocenters. The molecular weight excluding hydrogens is 422 g/mol. The first-order chi connectivity index (χ1) is 16.7. The zero-order valence-electron chi connectivity index (χ0n) is 19.1. The summed E-state index contributed by atoms with van der Waals surface area (Å²) in [5, 5.41) is 8.05. The molecule has 1 aliphatic rings. The summed E-state index contributed by atoms with van der Waals surface area (Å²) < 4.78 is 0. The Kier molecular flexibility index (Phi) is 6.51. The smallest absolute Gasteiger partial charge is 0.248 e. The molecule has 0 atom stereocenters. The van der Waals surface area contributed by atoms with Crippen LogP contribution in [0.25, 0.3) is 22.2 Å². The highest BCUT2D eigenvalue weighted by atomic mass is 16.1. The number of benzene rings is 3. The van der Waals surface area contributed by atoms with Gasteiger partial charge < -0.3 is 21.3 Å². The van der Waals surface area contributed by atoms with Gasteiger partial charge >= 0.3 is 0 Å². The lowest BCUT2D eigenvalue weighted by atomic mass is 10.1. The molecule has 4 aromatic rings. The second kappa shape index (κ2) is 10.0. The van der Waals surface area contributed by atoms with E-state index in [0.717, 1.165) is 72.7 Å². The molecule has 0 saturated carbocycles. The minimum atomic E-state index is -0.434. The highest BCUT2D eigenvalue weighted by Gasteiger charge is 2.11. The summed E-state index contributed by atoms with van der Waals surface area (Å²) in [6.07, 6.45) is 1.06. The van der Waals surface area contributed by atoms with Crippen molar-refractivity contribution in [1.82, 2.24) is 15.2 Å². The van der Waals surface area contributed by atoms with Gasteiger partial charge in [-0.1, -0.05) is 42.5 Å². The van der Waals surface area contributed by atoms with Crippen molar-refractivity contribution in [1.29, 1.82) is 0 Å². The largest absolute Gasteiger partial charge is 0.366 e. The lowest BCUT2D eigenvalue weighted by molar-refractivity contribution is 0.100. The first-order valence-electron chi connectivity index (χ1n) is 11.7. The van der Waals surface area contributed by atoms with Crippen LogP contribution >= 0.6 is 0 Å². The van der Waals surface area contributed by atoms with Crippen molar-refractivity contribution < 1.29 is 4.79 Å². The second-order valence-corrected chi connectivity index (χ2v) is 8.68. The van der Waals surface area contributed by atoms with Crippen LogP contribution in [0.2, 0.25) is 0 Å². The Morgan fingerprint density at radius 3 is 2.44 bits per heavy atom. The number of pyridine rings is 1. The maximum Gasteiger partial charge on any atom is 0.248 e. The molecule has 3 aromatic carbocycles. The Labute approximate surface area is 199 Å². The molecule has 2 heterocycles. The van der Waals surface area contributed by atoms with Crippen LogP contribution in [0.4, 0.5) is 11.4 Å². The standard InChI is InChI=1S/C28H29N5O/c29-28(34)22-9-7-21(8-10-22)26-19-27(24-3-1-2-4-25(24)32-26)31-23-11-5-20(6-12-23)13-16-33-17-14-30-15-18-33/h1-12,19,30H,13-18H2,(H2,29,34)(H,31,32). The van der Waals surface area contributed by atoms with Crippen molar-refractivity contribution in [2.24, 2.45) is 5.73 Å². The first kappa shape index (κ1) is 22.1. The third-order valence-corrected chi connectivity index (χ3v) is 6.34. The van der Waals surface area contributed by atoms with Gasteiger partial charge in [0.2, 0.25) is 5.91 Å². The molecule has 1 saturated heterocycles. The fourth-order valence-electron chi connectivity index (χ4n) is 4.36. The van der Waals surface area contributed by atoms with Crippen molar-refractivity contribution in [3.63, 3.8) is 0 Å². The molecule has 34 heavy (non-hydrogen) atoms. The number of nitrogens with zero attached hydrogens (tertiary/aromatic N) is 2. The van der Waals surface area contributed by atoms with Crippen LogP contribution in [0.1, 0.15) is 15.9 Å². The summed E-state index contributed by atoms with van der Waals surface area (Å²) in [6.45, 7) is 5.52. The quantitative estimate of drug-likeness (QED) is 0.392. The van der Waals surface area contributed by atoms with E-state index in [1.54, 1.807) is 12.1 Å². The molecule has 0 radical (unpaired) electrons. The second-order valence-electron chi connectivity index (χ2n) is 8.68. The van der Waals surface area contributed by atoms with E-state index in [2.05, 4.69) is 51.9 Å². The van der Waals surface area contributed by atoms with Gasteiger partial charge in [0.15, 0.2) is 0 Å². The molecule has 172 valence electrons. The molecule has 0 spiro atoms. The van der Waals surface area contributed by atoms with Crippen molar-refractivity contribution in [3.8, 4) is 11.3 Å².